The molecule has 248 valence electrons. The highest BCUT2D eigenvalue weighted by molar-refractivity contribution is 6.06. The van der Waals surface area contributed by atoms with Gasteiger partial charge >= 0.3 is 0 Å². The summed E-state index contributed by atoms with van der Waals surface area (Å²) in [5.74, 6) is -2.14. The number of amides is 4. The quantitative estimate of drug-likeness (QED) is 0.0849. The van der Waals surface area contributed by atoms with Crippen molar-refractivity contribution in [3.63, 3.8) is 0 Å². The molecule has 3 rings (SSSR count). The third kappa shape index (κ3) is 9.40. The van der Waals surface area contributed by atoms with E-state index in [9.17, 15) is 39.3 Å². The Labute approximate surface area is 258 Å². The number of Topliss-reactive ketones (excluding diaryl/α,β-unsaturated/α-hetero) is 1. The largest absolute Gasteiger partial charge is 0.388 e. The zero-order valence-electron chi connectivity index (χ0n) is 26.0. The van der Waals surface area contributed by atoms with Gasteiger partial charge in [0.2, 0.25) is 23.6 Å². The fraction of sp³-hybridized carbons (Fsp3) is 0.774. The van der Waals surface area contributed by atoms with E-state index in [1.807, 2.05) is 19.1 Å². The van der Waals surface area contributed by atoms with Crippen LogP contribution in [0.15, 0.2) is 12.2 Å². The molecule has 2 aliphatic heterocycles. The molecule has 0 aromatic carbocycles. The topological polar surface area (TPSA) is 192 Å². The molecule has 0 bridgehead atoms. The Morgan fingerprint density at radius 1 is 0.864 bits per heavy atom. The fourth-order valence-corrected chi connectivity index (χ4v) is 6.04. The number of imide groups is 1. The highest BCUT2D eigenvalue weighted by Crippen LogP contribution is 2.43. The highest BCUT2D eigenvalue weighted by atomic mass is 16.7. The Hall–Kier alpha value is -2.71. The Morgan fingerprint density at radius 2 is 1.52 bits per heavy atom. The summed E-state index contributed by atoms with van der Waals surface area (Å²) in [6.45, 7) is 6.17. The molecule has 0 aromatic rings. The predicted octanol–water partition coefficient (Wildman–Crippen LogP) is 0.196. The van der Waals surface area contributed by atoms with Crippen LogP contribution in [0.2, 0.25) is 0 Å². The molecular formula is C31H49N3O10. The van der Waals surface area contributed by atoms with Gasteiger partial charge in [0.05, 0.1) is 17.9 Å². The van der Waals surface area contributed by atoms with Gasteiger partial charge in [0.15, 0.2) is 6.29 Å². The number of nitrogens with one attached hydrogen (secondary N) is 2. The van der Waals surface area contributed by atoms with E-state index in [4.69, 9.17) is 9.47 Å². The lowest BCUT2D eigenvalue weighted by Crippen LogP contribution is -2.57. The summed E-state index contributed by atoms with van der Waals surface area (Å²) in [5.41, 5.74) is 0. The van der Waals surface area contributed by atoms with Crippen LogP contribution in [0.4, 0.5) is 0 Å². The predicted molar refractivity (Wildman–Crippen MR) is 157 cm³/mol. The van der Waals surface area contributed by atoms with E-state index in [-0.39, 0.29) is 80.3 Å². The van der Waals surface area contributed by atoms with Crippen LogP contribution in [0.1, 0.15) is 72.1 Å². The molecule has 0 saturated carbocycles. The highest BCUT2D eigenvalue weighted by Gasteiger charge is 2.53. The van der Waals surface area contributed by atoms with Crippen molar-refractivity contribution < 1.29 is 48.8 Å². The van der Waals surface area contributed by atoms with Crippen LogP contribution in [-0.4, -0.2) is 107 Å². The van der Waals surface area contributed by atoms with Crippen molar-refractivity contribution in [3.8, 4) is 0 Å². The minimum absolute atomic E-state index is 0.00488. The molecule has 9 atom stereocenters. The van der Waals surface area contributed by atoms with Gasteiger partial charge in [0, 0.05) is 51.9 Å². The third-order valence-corrected chi connectivity index (χ3v) is 8.80. The molecular weight excluding hydrogens is 574 g/mol. The second-order valence-corrected chi connectivity index (χ2v) is 12.0. The Morgan fingerprint density at radius 3 is 2.20 bits per heavy atom. The number of allylic oxidation sites excluding steroid dienone is 2. The molecule has 2 heterocycles. The van der Waals surface area contributed by atoms with Crippen molar-refractivity contribution in [1.29, 1.82) is 0 Å². The van der Waals surface area contributed by atoms with Crippen molar-refractivity contribution in [1.82, 2.24) is 15.5 Å². The fourth-order valence-electron chi connectivity index (χ4n) is 6.04. The van der Waals surface area contributed by atoms with Crippen molar-refractivity contribution in [2.75, 3.05) is 26.2 Å². The Kier molecular flexibility index (Phi) is 13.9. The summed E-state index contributed by atoms with van der Waals surface area (Å²) < 4.78 is 10.9. The van der Waals surface area contributed by atoms with Crippen LogP contribution in [0.25, 0.3) is 0 Å². The van der Waals surface area contributed by atoms with Crippen molar-refractivity contribution in [2.45, 2.75) is 103 Å². The van der Waals surface area contributed by atoms with Gasteiger partial charge in [-0.2, -0.15) is 0 Å². The maximum Gasteiger partial charge on any atom is 0.233 e. The monoisotopic (exact) mass is 623 g/mol. The molecule has 13 heteroatoms. The number of likely N-dealkylation sites (tertiary alicyclic amines) is 1. The number of hydrogen-bond donors (Lipinski definition) is 5. The van der Waals surface area contributed by atoms with Crippen LogP contribution in [0, 0.1) is 23.7 Å². The smallest absolute Gasteiger partial charge is 0.233 e. The van der Waals surface area contributed by atoms with Crippen LogP contribution in [0.5, 0.6) is 0 Å². The van der Waals surface area contributed by atoms with Crippen LogP contribution < -0.4 is 10.6 Å². The number of rotatable bonds is 17. The van der Waals surface area contributed by atoms with Gasteiger partial charge in [-0.05, 0) is 38.0 Å². The number of carbonyl (C=O) groups excluding carboxylic acids is 5. The lowest BCUT2D eigenvalue weighted by Gasteiger charge is -2.38. The number of ether oxygens (including phenoxy) is 2. The zero-order valence-corrected chi connectivity index (χ0v) is 26.0. The number of aliphatic hydroxyl groups is 3. The number of aliphatic hydroxyl groups excluding tert-OH is 3. The number of nitrogens with zero attached hydrogens (tertiary/aromatic N) is 1. The minimum Gasteiger partial charge on any atom is -0.388 e. The summed E-state index contributed by atoms with van der Waals surface area (Å²) in [6.07, 6.45) is 1.71. The summed E-state index contributed by atoms with van der Waals surface area (Å²) >= 11 is 0. The van der Waals surface area contributed by atoms with Crippen molar-refractivity contribution in [3.05, 3.63) is 12.2 Å². The van der Waals surface area contributed by atoms with Crippen LogP contribution >= 0.6 is 0 Å². The zero-order chi connectivity index (χ0) is 32.4. The molecule has 1 aliphatic carbocycles. The minimum atomic E-state index is -1.34. The Bertz CT molecular complexity index is 1050. The number of carbonyl (C=O) groups is 5. The van der Waals surface area contributed by atoms with E-state index in [0.29, 0.717) is 38.5 Å². The molecule has 13 nitrogen and oxygen atoms in total. The van der Waals surface area contributed by atoms with E-state index in [2.05, 4.69) is 10.6 Å². The number of hydrogen-bond acceptors (Lipinski definition) is 10. The van der Waals surface area contributed by atoms with E-state index in [0.717, 1.165) is 0 Å². The summed E-state index contributed by atoms with van der Waals surface area (Å²) in [7, 11) is 0. The average molecular weight is 624 g/mol. The van der Waals surface area contributed by atoms with Gasteiger partial charge in [-0.1, -0.05) is 32.4 Å². The molecule has 2 fully saturated rings. The number of ketones is 1. The van der Waals surface area contributed by atoms with Crippen LogP contribution in [0.3, 0.4) is 0 Å². The molecule has 2 saturated heterocycles. The van der Waals surface area contributed by atoms with Crippen molar-refractivity contribution in [2.24, 2.45) is 23.7 Å². The second kappa shape index (κ2) is 17.1. The van der Waals surface area contributed by atoms with Gasteiger partial charge < -0.3 is 35.4 Å². The first-order valence-electron chi connectivity index (χ1n) is 15.9. The lowest BCUT2D eigenvalue weighted by molar-refractivity contribution is -0.293. The molecule has 5 N–H and O–H groups in total. The van der Waals surface area contributed by atoms with Gasteiger partial charge in [-0.3, -0.25) is 28.9 Å². The van der Waals surface area contributed by atoms with E-state index in [1.54, 1.807) is 13.8 Å². The molecule has 0 radical (unpaired) electrons. The third-order valence-electron chi connectivity index (χ3n) is 8.80. The van der Waals surface area contributed by atoms with E-state index < -0.39 is 42.5 Å². The number of unbranched alkanes of at least 4 members (excludes halogenated alkanes) is 2. The van der Waals surface area contributed by atoms with Crippen molar-refractivity contribution >= 4 is 29.4 Å². The first-order valence-corrected chi connectivity index (χ1v) is 15.9. The number of fused-ring (bicyclic) bond motifs is 1. The second-order valence-electron chi connectivity index (χ2n) is 12.0. The summed E-state index contributed by atoms with van der Waals surface area (Å²) in [6, 6.07) is 0. The molecule has 0 aromatic heterocycles. The molecule has 44 heavy (non-hydrogen) atoms. The van der Waals surface area contributed by atoms with Gasteiger partial charge in [-0.25, -0.2) is 0 Å². The SMILES string of the molecule is CCC(=O)CCN1C(=O)C2C(C)C=CC(CCC(=O)NCCNC(=O)CCCCCO[C@@H]3OC(C)[C@H](O)C(O)C3O)C2C1=O. The molecule has 7 unspecified atom stereocenters. The summed E-state index contributed by atoms with van der Waals surface area (Å²) in [4.78, 5) is 63.7. The maximum atomic E-state index is 13.1. The molecule has 3 aliphatic rings. The van der Waals surface area contributed by atoms with Gasteiger partial charge in [0.1, 0.15) is 24.1 Å². The summed E-state index contributed by atoms with van der Waals surface area (Å²) in [5, 5.41) is 35.0. The standard InChI is InChI=1S/C31H49N3O10/c1-4-21(35)13-16-34-29(41)24-18(2)9-10-20(25(24)30(34)42)11-12-23(37)33-15-14-32-22(36)8-6-5-7-17-43-31-28(40)27(39)26(38)19(3)44-31/h9-10,18-20,24-28,31,38-40H,4-8,11-17H2,1-3H3,(H,32,36)(H,33,37)/t18?,19?,20?,24?,25?,26-,27?,28?,31+/m0/s1. The maximum absolute atomic E-state index is 13.1. The normalized spacial score (nSPS) is 31.6. The lowest BCUT2D eigenvalue weighted by atomic mass is 9.71. The molecule has 4 amide bonds. The Balaban J connectivity index is 1.27. The first kappa shape index (κ1) is 35.8. The van der Waals surface area contributed by atoms with E-state index in [1.165, 1.54) is 4.90 Å². The average Bonchev–Trinajstić information content (AvgIpc) is 3.26. The first-order chi connectivity index (χ1) is 21.0. The van der Waals surface area contributed by atoms with Gasteiger partial charge in [-0.15, -0.1) is 0 Å². The molecule has 0 spiro atoms. The van der Waals surface area contributed by atoms with Gasteiger partial charge in [0.25, 0.3) is 0 Å². The van der Waals surface area contributed by atoms with Crippen LogP contribution in [-0.2, 0) is 33.4 Å². The van der Waals surface area contributed by atoms with E-state index >= 15 is 0 Å².